The maximum atomic E-state index is 12.4. The maximum Gasteiger partial charge on any atom is 0.261 e. The Kier molecular flexibility index (Phi) is 3.53. The molecule has 0 spiro atoms. The van der Waals surface area contributed by atoms with Crippen LogP contribution in [0.25, 0.3) is 10.8 Å². The van der Waals surface area contributed by atoms with Gasteiger partial charge in [0.1, 0.15) is 0 Å². The van der Waals surface area contributed by atoms with Gasteiger partial charge in [0, 0.05) is 28.2 Å². The van der Waals surface area contributed by atoms with E-state index in [-0.39, 0.29) is 4.90 Å². The van der Waals surface area contributed by atoms with Crippen molar-refractivity contribution < 1.29 is 8.42 Å². The molecule has 1 heterocycles. The molecule has 106 valence electrons. The third-order valence-electron chi connectivity index (χ3n) is 3.05. The number of aromatic nitrogens is 1. The quantitative estimate of drug-likeness (QED) is 0.801. The Bertz CT molecular complexity index is 888. The number of sulfonamides is 1. The number of rotatable bonds is 3. The fourth-order valence-electron chi connectivity index (χ4n) is 2.03. The summed E-state index contributed by atoms with van der Waals surface area (Å²) in [6, 6.07) is 13.2. The van der Waals surface area contributed by atoms with Crippen molar-refractivity contribution in [3.63, 3.8) is 0 Å². The van der Waals surface area contributed by atoms with Gasteiger partial charge in [-0.15, -0.1) is 0 Å². The molecule has 2 aromatic carbocycles. The maximum absolute atomic E-state index is 12.4. The van der Waals surface area contributed by atoms with Crippen LogP contribution in [0.2, 0.25) is 5.02 Å². The van der Waals surface area contributed by atoms with E-state index in [1.54, 1.807) is 42.7 Å². The van der Waals surface area contributed by atoms with Crippen LogP contribution in [0.1, 0.15) is 0 Å². The second kappa shape index (κ2) is 5.35. The summed E-state index contributed by atoms with van der Waals surface area (Å²) in [7, 11) is -3.65. The van der Waals surface area contributed by atoms with E-state index in [9.17, 15) is 8.42 Å². The summed E-state index contributed by atoms with van der Waals surface area (Å²) in [5, 5.41) is 2.16. The Labute approximate surface area is 127 Å². The Hall–Kier alpha value is -2.11. The van der Waals surface area contributed by atoms with Crippen LogP contribution >= 0.6 is 11.6 Å². The van der Waals surface area contributed by atoms with Gasteiger partial charge >= 0.3 is 0 Å². The van der Waals surface area contributed by atoms with Gasteiger partial charge in [0.2, 0.25) is 0 Å². The van der Waals surface area contributed by atoms with E-state index < -0.39 is 10.0 Å². The molecule has 3 aromatic rings. The molecule has 0 amide bonds. The highest BCUT2D eigenvalue weighted by Crippen LogP contribution is 2.25. The first-order chi connectivity index (χ1) is 10.1. The average Bonchev–Trinajstić information content (AvgIpc) is 2.48. The van der Waals surface area contributed by atoms with Crippen LogP contribution in [0.5, 0.6) is 0 Å². The van der Waals surface area contributed by atoms with E-state index in [0.29, 0.717) is 10.7 Å². The molecule has 0 unspecified atom stereocenters. The average molecular weight is 319 g/mol. The van der Waals surface area contributed by atoms with E-state index in [1.807, 2.05) is 6.07 Å². The first-order valence-electron chi connectivity index (χ1n) is 6.17. The normalized spacial score (nSPS) is 11.5. The number of halogens is 1. The second-order valence-electron chi connectivity index (χ2n) is 4.46. The van der Waals surface area contributed by atoms with E-state index in [4.69, 9.17) is 11.6 Å². The zero-order valence-electron chi connectivity index (χ0n) is 10.8. The summed E-state index contributed by atoms with van der Waals surface area (Å²) in [6.45, 7) is 0. The van der Waals surface area contributed by atoms with E-state index in [2.05, 4.69) is 9.71 Å². The van der Waals surface area contributed by atoms with Gasteiger partial charge in [-0.1, -0.05) is 23.7 Å². The predicted octanol–water partition coefficient (Wildman–Crippen LogP) is 3.69. The molecule has 0 aliphatic heterocycles. The number of hydrogen-bond donors (Lipinski definition) is 1. The molecule has 6 heteroatoms. The fourth-order valence-corrected chi connectivity index (χ4v) is 3.23. The highest BCUT2D eigenvalue weighted by Gasteiger charge is 2.15. The molecule has 0 fully saturated rings. The molecule has 0 bridgehead atoms. The van der Waals surface area contributed by atoms with Crippen LogP contribution in [0.4, 0.5) is 5.69 Å². The number of hydrogen-bond acceptors (Lipinski definition) is 3. The highest BCUT2D eigenvalue weighted by molar-refractivity contribution is 7.92. The van der Waals surface area contributed by atoms with Crippen molar-refractivity contribution in [1.82, 2.24) is 4.98 Å². The number of anilines is 1. The first-order valence-corrected chi connectivity index (χ1v) is 8.03. The molecule has 0 aliphatic carbocycles. The largest absolute Gasteiger partial charge is 0.279 e. The Morgan fingerprint density at radius 2 is 1.76 bits per heavy atom. The van der Waals surface area contributed by atoms with Gasteiger partial charge < -0.3 is 0 Å². The number of nitrogens with zero attached hydrogens (tertiary/aromatic N) is 1. The third-order valence-corrected chi connectivity index (χ3v) is 4.68. The van der Waals surface area contributed by atoms with Crippen molar-refractivity contribution in [3.8, 4) is 0 Å². The van der Waals surface area contributed by atoms with E-state index in [0.717, 1.165) is 10.8 Å². The van der Waals surface area contributed by atoms with Gasteiger partial charge in [0.05, 0.1) is 10.6 Å². The lowest BCUT2D eigenvalue weighted by Crippen LogP contribution is -2.13. The zero-order valence-corrected chi connectivity index (χ0v) is 12.4. The molecule has 4 nitrogen and oxygen atoms in total. The zero-order chi connectivity index (χ0) is 14.9. The standard InChI is InChI=1S/C15H11ClN2O2S/c16-12-4-6-13(7-5-12)21(19,20)18-15-3-1-2-11-10-17-9-8-14(11)15/h1-10,18H. The Balaban J connectivity index is 2.03. The van der Waals surface area contributed by atoms with Crippen LogP contribution < -0.4 is 4.72 Å². The fraction of sp³-hybridized carbons (Fsp3) is 0. The van der Waals surface area contributed by atoms with Crippen LogP contribution in [0.3, 0.4) is 0 Å². The number of nitrogens with one attached hydrogen (secondary N) is 1. The predicted molar refractivity (Wildman–Crippen MR) is 84.0 cm³/mol. The second-order valence-corrected chi connectivity index (χ2v) is 6.58. The Morgan fingerprint density at radius 3 is 2.52 bits per heavy atom. The molecule has 21 heavy (non-hydrogen) atoms. The minimum Gasteiger partial charge on any atom is -0.279 e. The lowest BCUT2D eigenvalue weighted by molar-refractivity contribution is 0.601. The van der Waals surface area contributed by atoms with Crippen molar-refractivity contribution in [3.05, 3.63) is 65.9 Å². The van der Waals surface area contributed by atoms with Crippen molar-refractivity contribution in [2.75, 3.05) is 4.72 Å². The third kappa shape index (κ3) is 2.84. The monoisotopic (exact) mass is 318 g/mol. The van der Waals surface area contributed by atoms with Gasteiger partial charge in [-0.2, -0.15) is 0 Å². The van der Waals surface area contributed by atoms with Crippen LogP contribution in [0, 0.1) is 0 Å². The van der Waals surface area contributed by atoms with Gasteiger partial charge in [0.15, 0.2) is 0 Å². The smallest absolute Gasteiger partial charge is 0.261 e. The van der Waals surface area contributed by atoms with Gasteiger partial charge in [0.25, 0.3) is 10.0 Å². The topological polar surface area (TPSA) is 59.1 Å². The van der Waals surface area contributed by atoms with Crippen molar-refractivity contribution in [2.24, 2.45) is 0 Å². The molecule has 0 aliphatic rings. The first kappa shape index (κ1) is 13.9. The van der Waals surface area contributed by atoms with Crippen LogP contribution in [0.15, 0.2) is 65.8 Å². The molecule has 1 N–H and O–H groups in total. The van der Waals surface area contributed by atoms with Crippen molar-refractivity contribution in [2.45, 2.75) is 4.90 Å². The lowest BCUT2D eigenvalue weighted by Gasteiger charge is -2.10. The summed E-state index contributed by atoms with van der Waals surface area (Å²) in [4.78, 5) is 4.19. The van der Waals surface area contributed by atoms with Gasteiger partial charge in [-0.3, -0.25) is 9.71 Å². The van der Waals surface area contributed by atoms with Crippen LogP contribution in [-0.4, -0.2) is 13.4 Å². The molecule has 0 saturated heterocycles. The SMILES string of the molecule is O=S(=O)(Nc1cccc2cnccc12)c1ccc(Cl)cc1. The molecule has 0 saturated carbocycles. The highest BCUT2D eigenvalue weighted by atomic mass is 35.5. The molecule has 0 atom stereocenters. The summed E-state index contributed by atoms with van der Waals surface area (Å²) < 4.78 is 27.4. The Morgan fingerprint density at radius 1 is 1.00 bits per heavy atom. The van der Waals surface area contributed by atoms with Gasteiger partial charge in [-0.25, -0.2) is 8.42 Å². The molecule has 3 rings (SSSR count). The van der Waals surface area contributed by atoms with Crippen molar-refractivity contribution in [1.29, 1.82) is 0 Å². The van der Waals surface area contributed by atoms with E-state index >= 15 is 0 Å². The summed E-state index contributed by atoms with van der Waals surface area (Å²) in [5.74, 6) is 0. The van der Waals surface area contributed by atoms with E-state index in [1.165, 1.54) is 12.1 Å². The summed E-state index contributed by atoms with van der Waals surface area (Å²) in [5.41, 5.74) is 0.518. The molecule has 1 aromatic heterocycles. The summed E-state index contributed by atoms with van der Waals surface area (Å²) in [6.07, 6.45) is 3.32. The molecule has 0 radical (unpaired) electrons. The minimum absolute atomic E-state index is 0.165. The summed E-state index contributed by atoms with van der Waals surface area (Å²) >= 11 is 5.78. The van der Waals surface area contributed by atoms with Crippen molar-refractivity contribution >= 4 is 38.1 Å². The molecular weight excluding hydrogens is 308 g/mol. The molecular formula is C15H11ClN2O2S. The number of fused-ring (bicyclic) bond motifs is 1. The van der Waals surface area contributed by atoms with Crippen LogP contribution in [-0.2, 0) is 10.0 Å². The van der Waals surface area contributed by atoms with Gasteiger partial charge in [-0.05, 0) is 36.4 Å². The number of pyridine rings is 1. The lowest BCUT2D eigenvalue weighted by atomic mass is 10.1. The minimum atomic E-state index is -3.65. The number of benzene rings is 2.